The van der Waals surface area contributed by atoms with Crippen LogP contribution in [-0.4, -0.2) is 29.0 Å². The highest BCUT2D eigenvalue weighted by Gasteiger charge is 2.44. The normalized spacial score (nSPS) is 14.1. The van der Waals surface area contributed by atoms with Crippen molar-refractivity contribution < 1.29 is 14.3 Å². The summed E-state index contributed by atoms with van der Waals surface area (Å²) in [7, 11) is 1.60. The quantitative estimate of drug-likeness (QED) is 0.460. The molecule has 0 atom stereocenters. The van der Waals surface area contributed by atoms with Gasteiger partial charge in [-0.15, -0.1) is 11.3 Å². The van der Waals surface area contributed by atoms with Gasteiger partial charge in [-0.2, -0.15) is 0 Å². The molecule has 0 saturated carbocycles. The molecule has 28 heavy (non-hydrogen) atoms. The van der Waals surface area contributed by atoms with E-state index >= 15 is 0 Å². The van der Waals surface area contributed by atoms with Gasteiger partial charge < -0.3 is 4.74 Å². The first-order valence-corrected chi connectivity index (χ1v) is 9.74. The molecule has 0 spiro atoms. The molecule has 1 aliphatic heterocycles. The Bertz CT molecular complexity index is 1080. The third-order valence-electron chi connectivity index (χ3n) is 4.13. The van der Waals surface area contributed by atoms with Gasteiger partial charge in [-0.25, -0.2) is 14.8 Å². The summed E-state index contributed by atoms with van der Waals surface area (Å²) in [5, 5.41) is 2.73. The number of thiocarbonyl (C=S) groups is 1. The molecular weight excluding hydrogens is 418 g/mol. The molecule has 2 heterocycles. The Morgan fingerprint density at radius 1 is 1.00 bits per heavy atom. The third-order valence-corrected chi connectivity index (χ3v) is 5.57. The summed E-state index contributed by atoms with van der Waals surface area (Å²) in [6.45, 7) is 0. The number of thiazole rings is 1. The second kappa shape index (κ2) is 7.31. The van der Waals surface area contributed by atoms with Crippen LogP contribution >= 0.6 is 35.2 Å². The molecule has 0 bridgehead atoms. The minimum Gasteiger partial charge on any atom is -0.497 e. The van der Waals surface area contributed by atoms with Crippen molar-refractivity contribution in [1.82, 2.24) is 4.98 Å². The van der Waals surface area contributed by atoms with Gasteiger partial charge in [0.2, 0.25) is 0 Å². The van der Waals surface area contributed by atoms with Gasteiger partial charge in [-0.1, -0.05) is 11.6 Å². The molecule has 1 fully saturated rings. The highest BCUT2D eigenvalue weighted by Crippen LogP contribution is 2.33. The Hall–Kier alpha value is -2.81. The van der Waals surface area contributed by atoms with Gasteiger partial charge in [0.15, 0.2) is 10.2 Å². The minimum absolute atomic E-state index is 0.0629. The number of carbonyl (C=O) groups excluding carboxylic acids is 2. The summed E-state index contributed by atoms with van der Waals surface area (Å²) in [5.74, 6) is -0.733. The van der Waals surface area contributed by atoms with Gasteiger partial charge in [0, 0.05) is 16.0 Å². The summed E-state index contributed by atoms with van der Waals surface area (Å²) in [4.78, 5) is 31.9. The van der Waals surface area contributed by atoms with Crippen LogP contribution in [0.15, 0.2) is 53.9 Å². The zero-order valence-corrected chi connectivity index (χ0v) is 16.8. The van der Waals surface area contributed by atoms with Crippen molar-refractivity contribution in [3.8, 4) is 17.0 Å². The number of halogens is 1. The number of ether oxygens (including phenoxy) is 1. The Morgan fingerprint density at radius 2 is 1.64 bits per heavy atom. The molecule has 0 N–H and O–H groups in total. The van der Waals surface area contributed by atoms with E-state index in [-0.39, 0.29) is 5.11 Å². The van der Waals surface area contributed by atoms with Crippen molar-refractivity contribution in [3.63, 3.8) is 0 Å². The maximum atomic E-state index is 12.6. The van der Waals surface area contributed by atoms with Crippen LogP contribution in [0, 0.1) is 0 Å². The van der Waals surface area contributed by atoms with E-state index in [2.05, 4.69) is 4.98 Å². The van der Waals surface area contributed by atoms with Gasteiger partial charge in [0.25, 0.3) is 0 Å². The molecule has 1 aliphatic rings. The van der Waals surface area contributed by atoms with Crippen LogP contribution in [0.25, 0.3) is 11.3 Å². The lowest BCUT2D eigenvalue weighted by Gasteiger charge is -2.16. The Kier molecular flexibility index (Phi) is 4.84. The molecule has 1 aromatic heterocycles. The van der Waals surface area contributed by atoms with E-state index in [1.165, 1.54) is 16.2 Å². The number of hydrogen-bond acceptors (Lipinski definition) is 6. The van der Waals surface area contributed by atoms with Crippen molar-refractivity contribution >= 4 is 62.9 Å². The lowest BCUT2D eigenvalue weighted by molar-refractivity contribution is -0.133. The predicted molar refractivity (Wildman–Crippen MR) is 113 cm³/mol. The molecule has 2 aromatic carbocycles. The van der Waals surface area contributed by atoms with Crippen LogP contribution in [-0.2, 0) is 9.59 Å². The first-order chi connectivity index (χ1) is 13.5. The number of carbonyl (C=O) groups is 2. The maximum absolute atomic E-state index is 12.6. The number of rotatable bonds is 4. The van der Waals surface area contributed by atoms with E-state index in [0.717, 1.165) is 16.2 Å². The van der Waals surface area contributed by atoms with Crippen molar-refractivity contribution in [3.05, 3.63) is 58.9 Å². The first kappa shape index (κ1) is 18.5. The fraction of sp³-hybridized carbons (Fsp3) is 0.0526. The molecule has 0 aliphatic carbocycles. The largest absolute Gasteiger partial charge is 0.497 e. The van der Waals surface area contributed by atoms with E-state index in [1.54, 1.807) is 31.4 Å². The van der Waals surface area contributed by atoms with Crippen molar-refractivity contribution in [2.45, 2.75) is 0 Å². The van der Waals surface area contributed by atoms with Crippen LogP contribution in [0.5, 0.6) is 5.75 Å². The van der Waals surface area contributed by atoms with Crippen molar-refractivity contribution in [1.29, 1.82) is 0 Å². The van der Waals surface area contributed by atoms with Crippen LogP contribution in [0.4, 0.5) is 10.8 Å². The monoisotopic (exact) mass is 429 g/mol. The van der Waals surface area contributed by atoms with Gasteiger partial charge in [-0.05, 0) is 60.7 Å². The lowest BCUT2D eigenvalue weighted by atomic mass is 10.2. The molecule has 3 aromatic rings. The van der Waals surface area contributed by atoms with E-state index in [9.17, 15) is 9.59 Å². The van der Waals surface area contributed by atoms with Gasteiger partial charge in [0.05, 0.1) is 18.5 Å². The van der Waals surface area contributed by atoms with Gasteiger partial charge in [0.1, 0.15) is 5.75 Å². The van der Waals surface area contributed by atoms with E-state index in [1.807, 2.05) is 29.6 Å². The number of anilines is 2. The summed E-state index contributed by atoms with van der Waals surface area (Å²) in [6, 6.07) is 13.9. The van der Waals surface area contributed by atoms with Crippen LogP contribution in [0.2, 0.25) is 5.02 Å². The lowest BCUT2D eigenvalue weighted by Crippen LogP contribution is -2.33. The zero-order chi connectivity index (χ0) is 19.8. The summed E-state index contributed by atoms with van der Waals surface area (Å²) < 4.78 is 5.15. The van der Waals surface area contributed by atoms with Crippen LogP contribution in [0.1, 0.15) is 0 Å². The Morgan fingerprint density at radius 3 is 2.29 bits per heavy atom. The average molecular weight is 430 g/mol. The Balaban J connectivity index is 1.65. The number of hydrogen-bond donors (Lipinski definition) is 0. The fourth-order valence-corrected chi connectivity index (χ4v) is 4.09. The molecule has 4 rings (SSSR count). The first-order valence-electron chi connectivity index (χ1n) is 8.07. The molecule has 0 radical (unpaired) electrons. The summed E-state index contributed by atoms with van der Waals surface area (Å²) in [5.41, 5.74) is 2.01. The zero-order valence-electron chi connectivity index (χ0n) is 14.5. The molecule has 140 valence electrons. The highest BCUT2D eigenvalue weighted by molar-refractivity contribution is 7.81. The molecule has 2 amide bonds. The number of amides is 2. The predicted octanol–water partition coefficient (Wildman–Crippen LogP) is 4.14. The molecule has 0 unspecified atom stereocenters. The van der Waals surface area contributed by atoms with Crippen molar-refractivity contribution in [2.75, 3.05) is 16.9 Å². The van der Waals surface area contributed by atoms with Crippen LogP contribution < -0.4 is 14.5 Å². The Labute approximate surface area is 174 Å². The van der Waals surface area contributed by atoms with Gasteiger partial charge in [-0.3, -0.25) is 9.59 Å². The third kappa shape index (κ3) is 3.15. The molecular formula is C19H12ClN3O3S2. The second-order valence-electron chi connectivity index (χ2n) is 5.78. The maximum Gasteiger partial charge on any atom is 0.325 e. The SMILES string of the molecule is COc1ccc(-c2csc(N3C(=O)C(=O)N(c4ccc(Cl)cc4)C3=S)n2)cc1. The number of aromatic nitrogens is 1. The highest BCUT2D eigenvalue weighted by atomic mass is 35.5. The average Bonchev–Trinajstić information content (AvgIpc) is 3.26. The van der Waals surface area contributed by atoms with E-state index in [0.29, 0.717) is 21.5 Å². The fourth-order valence-electron chi connectivity index (χ4n) is 2.71. The van der Waals surface area contributed by atoms with E-state index in [4.69, 9.17) is 28.6 Å². The summed E-state index contributed by atoms with van der Waals surface area (Å²) in [6.07, 6.45) is 0. The number of methoxy groups -OCH3 is 1. The molecule has 9 heteroatoms. The number of nitrogens with zero attached hydrogens (tertiary/aromatic N) is 3. The van der Waals surface area contributed by atoms with Gasteiger partial charge >= 0.3 is 11.8 Å². The molecule has 6 nitrogen and oxygen atoms in total. The smallest absolute Gasteiger partial charge is 0.325 e. The minimum atomic E-state index is -0.740. The van der Waals surface area contributed by atoms with Crippen LogP contribution in [0.3, 0.4) is 0 Å². The van der Waals surface area contributed by atoms with E-state index < -0.39 is 11.8 Å². The number of benzene rings is 2. The van der Waals surface area contributed by atoms with Crippen molar-refractivity contribution in [2.24, 2.45) is 0 Å². The summed E-state index contributed by atoms with van der Waals surface area (Å²) >= 11 is 12.5. The topological polar surface area (TPSA) is 62.7 Å². The molecule has 1 saturated heterocycles. The standard InChI is InChI=1S/C19H12ClN3O3S2/c1-26-14-8-2-11(3-9-14)15-10-28-18(21-15)23-17(25)16(24)22(19(23)27)13-6-4-12(20)5-7-13/h2-10H,1H3. The second-order valence-corrected chi connectivity index (χ2v) is 7.42.